The molecule has 2 aromatic carbocycles. The molecule has 142 valence electrons. The summed E-state index contributed by atoms with van der Waals surface area (Å²) in [5.41, 5.74) is 2.61. The summed E-state index contributed by atoms with van der Waals surface area (Å²) >= 11 is 0. The Hall–Kier alpha value is -3.74. The normalized spacial score (nSPS) is 10.2. The maximum absolute atomic E-state index is 13.0. The van der Waals surface area contributed by atoms with Crippen LogP contribution in [0.3, 0.4) is 0 Å². The molecule has 28 heavy (non-hydrogen) atoms. The van der Waals surface area contributed by atoms with Crippen molar-refractivity contribution < 1.29 is 14.0 Å². The molecule has 3 rings (SSSR count). The minimum Gasteiger partial charge on any atom is -0.366 e. The van der Waals surface area contributed by atoms with E-state index in [9.17, 15) is 14.0 Å². The summed E-state index contributed by atoms with van der Waals surface area (Å²) in [5, 5.41) is 8.57. The van der Waals surface area contributed by atoms with Gasteiger partial charge in [0, 0.05) is 36.6 Å². The second-order valence-electron chi connectivity index (χ2n) is 6.12. The van der Waals surface area contributed by atoms with E-state index in [1.165, 1.54) is 19.1 Å². The Kier molecular flexibility index (Phi) is 5.96. The van der Waals surface area contributed by atoms with Crippen molar-refractivity contribution in [3.05, 3.63) is 83.8 Å². The van der Waals surface area contributed by atoms with Gasteiger partial charge in [0.05, 0.1) is 0 Å². The first-order valence-electron chi connectivity index (χ1n) is 8.63. The van der Waals surface area contributed by atoms with Crippen molar-refractivity contribution in [2.24, 2.45) is 0 Å². The van der Waals surface area contributed by atoms with Crippen molar-refractivity contribution in [3.63, 3.8) is 0 Å². The first-order chi connectivity index (χ1) is 13.5. The Morgan fingerprint density at radius 1 is 0.929 bits per heavy atom. The lowest BCUT2D eigenvalue weighted by Crippen LogP contribution is -2.13. The Bertz CT molecular complexity index is 972. The maximum Gasteiger partial charge on any atom is 0.255 e. The predicted octanol–water partition coefficient (Wildman–Crippen LogP) is 4.04. The molecule has 1 aromatic heterocycles. The topological polar surface area (TPSA) is 83.1 Å². The molecule has 0 aliphatic heterocycles. The van der Waals surface area contributed by atoms with Gasteiger partial charge in [0.15, 0.2) is 0 Å². The fourth-order valence-electron chi connectivity index (χ4n) is 2.51. The van der Waals surface area contributed by atoms with E-state index in [1.807, 2.05) is 0 Å². The molecule has 2 amide bonds. The highest BCUT2D eigenvalue weighted by atomic mass is 19.1. The van der Waals surface area contributed by atoms with Gasteiger partial charge < -0.3 is 16.0 Å². The van der Waals surface area contributed by atoms with Gasteiger partial charge >= 0.3 is 0 Å². The lowest BCUT2D eigenvalue weighted by molar-refractivity contribution is -0.114. The van der Waals surface area contributed by atoms with Crippen LogP contribution in [0.5, 0.6) is 0 Å². The Morgan fingerprint density at radius 3 is 2.21 bits per heavy atom. The number of nitrogens with one attached hydrogen (secondary N) is 3. The number of hydrogen-bond acceptors (Lipinski definition) is 4. The molecule has 0 atom stereocenters. The lowest BCUT2D eigenvalue weighted by Gasteiger charge is -2.09. The molecule has 1 heterocycles. The molecule has 0 radical (unpaired) electrons. The number of aromatic nitrogens is 1. The number of carbonyl (C=O) groups is 2. The molecule has 0 spiro atoms. The average Bonchev–Trinajstić information content (AvgIpc) is 2.69. The van der Waals surface area contributed by atoms with Crippen molar-refractivity contribution in [1.29, 1.82) is 0 Å². The van der Waals surface area contributed by atoms with Crippen LogP contribution in [-0.2, 0) is 11.3 Å². The summed E-state index contributed by atoms with van der Waals surface area (Å²) in [6, 6.07) is 16.2. The first-order valence-corrected chi connectivity index (χ1v) is 8.63. The molecule has 6 nitrogen and oxygen atoms in total. The lowest BCUT2D eigenvalue weighted by atomic mass is 10.2. The molecule has 0 saturated carbocycles. The molecule has 0 fully saturated rings. The minimum atomic E-state index is -0.286. The number of pyridine rings is 1. The number of hydrogen-bond donors (Lipinski definition) is 3. The highest BCUT2D eigenvalue weighted by Crippen LogP contribution is 2.16. The van der Waals surface area contributed by atoms with Gasteiger partial charge in [0.25, 0.3) is 5.91 Å². The number of rotatable bonds is 6. The Labute approximate surface area is 161 Å². The van der Waals surface area contributed by atoms with Crippen LogP contribution in [0.15, 0.2) is 66.9 Å². The van der Waals surface area contributed by atoms with Gasteiger partial charge in [-0.05, 0) is 54.1 Å². The molecule has 0 bridgehead atoms. The zero-order valence-corrected chi connectivity index (χ0v) is 15.2. The summed E-state index contributed by atoms with van der Waals surface area (Å²) in [6.07, 6.45) is 1.54. The van der Waals surface area contributed by atoms with E-state index in [-0.39, 0.29) is 17.6 Å². The van der Waals surface area contributed by atoms with Gasteiger partial charge in [0.1, 0.15) is 11.6 Å². The third kappa shape index (κ3) is 5.38. The highest BCUT2D eigenvalue weighted by Gasteiger charge is 2.08. The van der Waals surface area contributed by atoms with Gasteiger partial charge in [-0.1, -0.05) is 12.1 Å². The first kappa shape index (κ1) is 19.0. The smallest absolute Gasteiger partial charge is 0.255 e. The Balaban J connectivity index is 1.61. The quantitative estimate of drug-likeness (QED) is 0.604. The van der Waals surface area contributed by atoms with Gasteiger partial charge in [-0.15, -0.1) is 0 Å². The van der Waals surface area contributed by atoms with Crippen molar-refractivity contribution in [2.45, 2.75) is 13.5 Å². The average molecular weight is 378 g/mol. The summed E-state index contributed by atoms with van der Waals surface area (Å²) < 4.78 is 13.0. The van der Waals surface area contributed by atoms with E-state index in [1.54, 1.807) is 54.7 Å². The van der Waals surface area contributed by atoms with Gasteiger partial charge in [-0.2, -0.15) is 0 Å². The van der Waals surface area contributed by atoms with E-state index in [0.29, 0.717) is 29.3 Å². The van der Waals surface area contributed by atoms with Crippen LogP contribution in [0.25, 0.3) is 0 Å². The number of carbonyl (C=O) groups excluding carboxylic acids is 2. The molecule has 0 unspecified atom stereocenters. The van der Waals surface area contributed by atoms with Crippen LogP contribution in [0.4, 0.5) is 21.6 Å². The van der Waals surface area contributed by atoms with Crippen molar-refractivity contribution in [3.8, 4) is 0 Å². The fourth-order valence-corrected chi connectivity index (χ4v) is 2.51. The van der Waals surface area contributed by atoms with Crippen molar-refractivity contribution in [1.82, 2.24) is 4.98 Å². The number of halogens is 1. The molecule has 3 N–H and O–H groups in total. The molecular weight excluding hydrogens is 359 g/mol. The third-order valence-corrected chi connectivity index (χ3v) is 3.87. The maximum atomic E-state index is 13.0. The second kappa shape index (κ2) is 8.77. The second-order valence-corrected chi connectivity index (χ2v) is 6.12. The number of amides is 2. The minimum absolute atomic E-state index is 0.158. The molecule has 0 aliphatic rings. The van der Waals surface area contributed by atoms with Crippen LogP contribution < -0.4 is 16.0 Å². The summed E-state index contributed by atoms with van der Waals surface area (Å²) in [5.74, 6) is -0.183. The number of anilines is 3. The predicted molar refractivity (Wildman–Crippen MR) is 107 cm³/mol. The van der Waals surface area contributed by atoms with E-state index in [4.69, 9.17) is 0 Å². The van der Waals surface area contributed by atoms with Crippen LogP contribution in [-0.4, -0.2) is 16.8 Å². The SMILES string of the molecule is CC(=O)Nc1ccc(NC(=O)c2ccnc(NCc3ccc(F)cc3)c2)cc1. The third-order valence-electron chi connectivity index (χ3n) is 3.87. The summed E-state index contributed by atoms with van der Waals surface area (Å²) in [6.45, 7) is 1.89. The van der Waals surface area contributed by atoms with E-state index < -0.39 is 0 Å². The number of nitrogens with zero attached hydrogens (tertiary/aromatic N) is 1. The van der Waals surface area contributed by atoms with Crippen LogP contribution >= 0.6 is 0 Å². The standard InChI is InChI=1S/C21H19FN4O2/c1-14(27)25-18-6-8-19(9-7-18)26-21(28)16-10-11-23-20(12-16)24-13-15-2-4-17(22)5-3-15/h2-12H,13H2,1H3,(H,23,24)(H,25,27)(H,26,28). The molecular formula is C21H19FN4O2. The largest absolute Gasteiger partial charge is 0.366 e. The monoisotopic (exact) mass is 378 g/mol. The van der Waals surface area contributed by atoms with E-state index in [2.05, 4.69) is 20.9 Å². The Morgan fingerprint density at radius 2 is 1.57 bits per heavy atom. The van der Waals surface area contributed by atoms with Gasteiger partial charge in [-0.25, -0.2) is 9.37 Å². The zero-order chi connectivity index (χ0) is 19.9. The molecule has 7 heteroatoms. The fraction of sp³-hybridized carbons (Fsp3) is 0.0952. The molecule has 0 aliphatic carbocycles. The van der Waals surface area contributed by atoms with Crippen LogP contribution in [0.1, 0.15) is 22.8 Å². The van der Waals surface area contributed by atoms with E-state index >= 15 is 0 Å². The van der Waals surface area contributed by atoms with E-state index in [0.717, 1.165) is 5.56 Å². The molecule has 0 saturated heterocycles. The molecule has 3 aromatic rings. The van der Waals surface area contributed by atoms with Crippen molar-refractivity contribution in [2.75, 3.05) is 16.0 Å². The highest BCUT2D eigenvalue weighted by molar-refractivity contribution is 6.04. The number of benzene rings is 2. The zero-order valence-electron chi connectivity index (χ0n) is 15.2. The summed E-state index contributed by atoms with van der Waals surface area (Å²) in [7, 11) is 0. The summed E-state index contributed by atoms with van der Waals surface area (Å²) in [4.78, 5) is 27.7. The van der Waals surface area contributed by atoms with Gasteiger partial charge in [0.2, 0.25) is 5.91 Å². The van der Waals surface area contributed by atoms with Crippen molar-refractivity contribution >= 4 is 29.0 Å². The van der Waals surface area contributed by atoms with Crippen LogP contribution in [0.2, 0.25) is 0 Å². The van der Waals surface area contributed by atoms with Gasteiger partial charge in [-0.3, -0.25) is 9.59 Å². The van der Waals surface area contributed by atoms with Crippen LogP contribution in [0, 0.1) is 5.82 Å².